The zero-order valence-corrected chi connectivity index (χ0v) is 42.9. The molecular formula is C49H57ClN10O15S. The number of amides is 7. The Kier molecular flexibility index (Phi) is 17.9. The summed E-state index contributed by atoms with van der Waals surface area (Å²) >= 11 is 6.69. The van der Waals surface area contributed by atoms with Gasteiger partial charge in [0.15, 0.2) is 5.60 Å². The highest BCUT2D eigenvalue weighted by molar-refractivity contribution is 7.85. The van der Waals surface area contributed by atoms with Crippen molar-refractivity contribution in [2.24, 2.45) is 5.73 Å². The van der Waals surface area contributed by atoms with E-state index in [4.69, 9.17) is 36.3 Å². The van der Waals surface area contributed by atoms with E-state index < -0.39 is 125 Å². The van der Waals surface area contributed by atoms with Gasteiger partial charge in [0.05, 0.1) is 66.5 Å². The molecule has 7 amide bonds. The molecule has 406 valence electrons. The first-order chi connectivity index (χ1) is 36.1. The second-order valence-electron chi connectivity index (χ2n) is 18.4. The van der Waals surface area contributed by atoms with Crippen molar-refractivity contribution in [3.8, 4) is 11.4 Å². The van der Waals surface area contributed by atoms with Crippen LogP contribution in [0.2, 0.25) is 5.02 Å². The minimum absolute atomic E-state index is 0.000661. The van der Waals surface area contributed by atoms with Crippen molar-refractivity contribution < 1.29 is 65.9 Å². The van der Waals surface area contributed by atoms with Gasteiger partial charge in [-0.25, -0.2) is 9.78 Å². The fourth-order valence-electron chi connectivity index (χ4n) is 9.23. The quantitative estimate of drug-likeness (QED) is 0.0153. The monoisotopic (exact) mass is 1090 g/mol. The molecule has 0 saturated heterocycles. The number of rotatable bonds is 23. The van der Waals surface area contributed by atoms with E-state index in [0.717, 1.165) is 22.1 Å². The minimum Gasteiger partial charge on any atom is -0.458 e. The summed E-state index contributed by atoms with van der Waals surface area (Å²) in [5.41, 5.74) is 8.91. The summed E-state index contributed by atoms with van der Waals surface area (Å²) in [4.78, 5) is 121. The normalized spacial score (nSPS) is 16.9. The zero-order chi connectivity index (χ0) is 55.1. The summed E-state index contributed by atoms with van der Waals surface area (Å²) < 4.78 is 42.6. The van der Waals surface area contributed by atoms with Gasteiger partial charge in [0.1, 0.15) is 26.0 Å². The SMILES string of the molecule is CC[C@@]1(O)C(=O)OCc2c1cc1n(c2=O)Cc2c-1nc1cc(Cl)c(C)c3c1c2[C@@H](NC(=O)COCNC(=O)CNC(=O)[C@H](Cc1ccccc1)NC(=O)CNC(=O)CNC(=O)[C@@H](N)CCC(=O)NCCS(=O)(=O)O)CC3. The van der Waals surface area contributed by atoms with Crippen molar-refractivity contribution in [2.45, 2.75) is 89.3 Å². The van der Waals surface area contributed by atoms with Crippen LogP contribution in [0.5, 0.6) is 0 Å². The van der Waals surface area contributed by atoms with Crippen LogP contribution in [0.25, 0.3) is 22.3 Å². The number of aliphatic hydroxyl groups is 1. The van der Waals surface area contributed by atoms with Gasteiger partial charge in [0.2, 0.25) is 41.4 Å². The van der Waals surface area contributed by atoms with E-state index in [-0.39, 0.29) is 56.5 Å². The number of cyclic esters (lactones) is 1. The molecule has 0 fully saturated rings. The number of fused-ring (bicyclic) bond motifs is 5. The number of ether oxygens (including phenoxy) is 2. The highest BCUT2D eigenvalue weighted by Gasteiger charge is 2.46. The standard InChI is InChI=1S/C49H57ClN10O15S/c1-3-49(70)30-16-36-44-28(21-60(36)47(68)29(30)22-75-48(49)69)43-33(11-9-27-25(2)31(50)17-34(59-44)42(27)43)57-41(65)23-74-24-56-39(63)19-55-46(67)35(15-26-7-5-4-6-8-26)58-40(64)20-53-38(62)18-54-45(66)32(51)10-12-37(61)52-13-14-76(71,72)73/h4-8,16-17,32-33,35,70H,3,9-15,18-24,51H2,1-2H3,(H,52,61)(H,53,62)(H,54,66)(H,55,67)(H,56,63)(H,57,65)(H,58,64)(H,71,72,73)/t32-,33-,35-,49-/m0/s1. The Morgan fingerprint density at radius 1 is 0.921 bits per heavy atom. The predicted molar refractivity (Wildman–Crippen MR) is 270 cm³/mol. The van der Waals surface area contributed by atoms with Crippen LogP contribution in [-0.2, 0) is 89.5 Å². The zero-order valence-electron chi connectivity index (χ0n) is 41.3. The number of nitrogens with two attached hydrogens (primary N) is 1. The van der Waals surface area contributed by atoms with Crippen molar-refractivity contribution in [3.63, 3.8) is 0 Å². The molecule has 1 aliphatic carbocycles. The Morgan fingerprint density at radius 2 is 1.62 bits per heavy atom. The van der Waals surface area contributed by atoms with Crippen LogP contribution < -0.4 is 48.5 Å². The Labute approximate surface area is 439 Å². The third-order valence-electron chi connectivity index (χ3n) is 13.2. The van der Waals surface area contributed by atoms with E-state index >= 15 is 0 Å². The van der Waals surface area contributed by atoms with Crippen molar-refractivity contribution in [2.75, 3.05) is 45.3 Å². The Morgan fingerprint density at radius 3 is 2.33 bits per heavy atom. The second-order valence-corrected chi connectivity index (χ2v) is 20.3. The highest BCUT2D eigenvalue weighted by Crippen LogP contribution is 2.46. The number of carbonyl (C=O) groups excluding carboxylic acids is 8. The van der Waals surface area contributed by atoms with Crippen molar-refractivity contribution >= 4 is 79.9 Å². The average molecular weight is 1090 g/mol. The summed E-state index contributed by atoms with van der Waals surface area (Å²) in [5, 5.41) is 30.0. The molecule has 2 aromatic heterocycles. The van der Waals surface area contributed by atoms with Crippen LogP contribution >= 0.6 is 11.6 Å². The van der Waals surface area contributed by atoms with Gasteiger partial charge >= 0.3 is 5.97 Å². The second kappa shape index (κ2) is 24.1. The number of pyridine rings is 2. The van der Waals surface area contributed by atoms with Crippen LogP contribution in [-0.4, -0.2) is 132 Å². The van der Waals surface area contributed by atoms with Crippen LogP contribution in [0.1, 0.15) is 77.6 Å². The van der Waals surface area contributed by atoms with E-state index in [2.05, 4.69) is 37.2 Å². The molecule has 4 atom stereocenters. The van der Waals surface area contributed by atoms with E-state index in [0.29, 0.717) is 45.9 Å². The maximum Gasteiger partial charge on any atom is 0.343 e. The van der Waals surface area contributed by atoms with Crippen LogP contribution in [0, 0.1) is 6.92 Å². The smallest absolute Gasteiger partial charge is 0.343 e. The number of esters is 1. The molecule has 0 radical (unpaired) electrons. The van der Waals surface area contributed by atoms with Crippen molar-refractivity contribution in [3.05, 3.63) is 96.8 Å². The summed E-state index contributed by atoms with van der Waals surface area (Å²) in [6.07, 6.45) is 0.574. The minimum atomic E-state index is -4.27. The number of hydrogen-bond donors (Lipinski definition) is 10. The fraction of sp³-hybridized carbons (Fsp3) is 0.429. The third kappa shape index (κ3) is 13.2. The Hall–Kier alpha value is -7.36. The molecule has 3 aliphatic rings. The molecule has 4 heterocycles. The molecule has 2 aliphatic heterocycles. The number of halogens is 1. The van der Waals surface area contributed by atoms with E-state index in [1.54, 1.807) is 49.4 Å². The predicted octanol–water partition coefficient (Wildman–Crippen LogP) is -1.58. The number of nitrogens with one attached hydrogen (secondary N) is 7. The topological polar surface area (TPSA) is 375 Å². The Bertz CT molecular complexity index is 3170. The average Bonchev–Trinajstić information content (AvgIpc) is 3.77. The number of benzene rings is 2. The van der Waals surface area contributed by atoms with Crippen LogP contribution in [0.3, 0.4) is 0 Å². The number of hydrogen-bond acceptors (Lipinski definition) is 16. The van der Waals surface area contributed by atoms with Gasteiger partial charge in [-0.05, 0) is 67.0 Å². The van der Waals surface area contributed by atoms with Crippen molar-refractivity contribution in [1.82, 2.24) is 46.8 Å². The van der Waals surface area contributed by atoms with E-state index in [1.165, 1.54) is 4.57 Å². The number of aryl methyl sites for hydroxylation is 1. The molecule has 76 heavy (non-hydrogen) atoms. The first-order valence-corrected chi connectivity index (χ1v) is 26.1. The van der Waals surface area contributed by atoms with Gasteiger partial charge in [-0.15, -0.1) is 0 Å². The van der Waals surface area contributed by atoms with E-state index in [9.17, 15) is 56.7 Å². The summed E-state index contributed by atoms with van der Waals surface area (Å²) in [5.74, 6) is -6.46. The largest absolute Gasteiger partial charge is 0.458 e. The lowest BCUT2D eigenvalue weighted by atomic mass is 9.81. The maximum atomic E-state index is 14.0. The number of carbonyl (C=O) groups is 8. The summed E-state index contributed by atoms with van der Waals surface area (Å²) in [6, 6.07) is 8.99. The molecule has 7 rings (SSSR count). The van der Waals surface area contributed by atoms with Crippen molar-refractivity contribution in [1.29, 1.82) is 0 Å². The molecule has 27 heteroatoms. The van der Waals surface area contributed by atoms with Crippen LogP contribution in [0.4, 0.5) is 0 Å². The molecule has 0 bridgehead atoms. The highest BCUT2D eigenvalue weighted by atomic mass is 35.5. The van der Waals surface area contributed by atoms with Gasteiger partial charge in [0, 0.05) is 40.9 Å². The maximum absolute atomic E-state index is 14.0. The lowest BCUT2D eigenvalue weighted by Gasteiger charge is -2.31. The lowest BCUT2D eigenvalue weighted by molar-refractivity contribution is -0.172. The van der Waals surface area contributed by atoms with Gasteiger partial charge in [-0.3, -0.25) is 42.9 Å². The van der Waals surface area contributed by atoms with Gasteiger partial charge in [0.25, 0.3) is 15.7 Å². The van der Waals surface area contributed by atoms with Gasteiger partial charge in [-0.1, -0.05) is 48.9 Å². The molecule has 0 spiro atoms. The molecule has 4 aromatic rings. The Balaban J connectivity index is 0.890. The van der Waals surface area contributed by atoms with E-state index in [1.807, 2.05) is 6.92 Å². The number of aromatic nitrogens is 2. The summed E-state index contributed by atoms with van der Waals surface area (Å²) in [6.45, 7) is 0.347. The molecule has 2 aromatic carbocycles. The molecule has 11 N–H and O–H groups in total. The molecule has 0 unspecified atom stereocenters. The first kappa shape index (κ1) is 56.4. The molecule has 25 nitrogen and oxygen atoms in total. The first-order valence-electron chi connectivity index (χ1n) is 24.2. The number of nitrogens with zero attached hydrogens (tertiary/aromatic N) is 2. The molecule has 0 saturated carbocycles. The van der Waals surface area contributed by atoms with Gasteiger partial charge < -0.3 is 62.1 Å². The van der Waals surface area contributed by atoms with Crippen LogP contribution in [0.15, 0.2) is 47.3 Å². The third-order valence-corrected chi connectivity index (χ3v) is 14.4. The lowest BCUT2D eigenvalue weighted by Crippen LogP contribution is -2.52. The fourth-order valence-corrected chi connectivity index (χ4v) is 9.81. The van der Waals surface area contributed by atoms with Gasteiger partial charge in [-0.2, -0.15) is 8.42 Å². The summed E-state index contributed by atoms with van der Waals surface area (Å²) in [7, 11) is -4.27. The molecular weight excluding hydrogens is 1040 g/mol.